The Morgan fingerprint density at radius 1 is 1.53 bits per heavy atom. The van der Waals surface area contributed by atoms with Gasteiger partial charge in [0.1, 0.15) is 11.9 Å². The van der Waals surface area contributed by atoms with Gasteiger partial charge in [-0.2, -0.15) is 0 Å². The van der Waals surface area contributed by atoms with Crippen LogP contribution in [0, 0.1) is 0 Å². The van der Waals surface area contributed by atoms with Crippen molar-refractivity contribution in [1.82, 2.24) is 0 Å². The van der Waals surface area contributed by atoms with Gasteiger partial charge in [-0.25, -0.2) is 0 Å². The second-order valence-corrected chi connectivity index (χ2v) is 3.83. The summed E-state index contributed by atoms with van der Waals surface area (Å²) in [4.78, 5) is 11.5. The van der Waals surface area contributed by atoms with Gasteiger partial charge >= 0.3 is 0 Å². The summed E-state index contributed by atoms with van der Waals surface area (Å²) in [6.45, 7) is 4.00. The molecule has 1 aromatic rings. The number of ether oxygens (including phenoxy) is 1. The minimum atomic E-state index is -0.0565. The number of aryl methyl sites for hydroxylation is 1. The molecule has 3 heteroatoms. The Morgan fingerprint density at radius 3 is 3.07 bits per heavy atom. The van der Waals surface area contributed by atoms with Gasteiger partial charge in [-0.05, 0) is 25.0 Å². The van der Waals surface area contributed by atoms with Gasteiger partial charge in [-0.3, -0.25) is 4.79 Å². The van der Waals surface area contributed by atoms with Crippen LogP contribution in [0.5, 0.6) is 5.75 Å². The van der Waals surface area contributed by atoms with E-state index in [2.05, 4.69) is 12.2 Å². The summed E-state index contributed by atoms with van der Waals surface area (Å²) in [5.41, 5.74) is 1.94. The first-order valence-electron chi connectivity index (χ1n) is 5.29. The third kappa shape index (κ3) is 1.96. The Hall–Kier alpha value is -1.51. The van der Waals surface area contributed by atoms with E-state index in [4.69, 9.17) is 4.74 Å². The van der Waals surface area contributed by atoms with Gasteiger partial charge in [0.2, 0.25) is 5.91 Å². The third-order valence-corrected chi connectivity index (χ3v) is 2.54. The van der Waals surface area contributed by atoms with Crippen LogP contribution in [0.2, 0.25) is 0 Å². The Morgan fingerprint density at radius 2 is 2.33 bits per heavy atom. The quantitative estimate of drug-likeness (QED) is 0.764. The van der Waals surface area contributed by atoms with Crippen molar-refractivity contribution in [3.8, 4) is 5.75 Å². The van der Waals surface area contributed by atoms with Crippen molar-refractivity contribution < 1.29 is 9.53 Å². The number of benzene rings is 1. The molecule has 0 aliphatic carbocycles. The molecule has 1 amide bonds. The fraction of sp³-hybridized carbons (Fsp3) is 0.417. The van der Waals surface area contributed by atoms with Crippen LogP contribution in [0.1, 0.15) is 25.8 Å². The van der Waals surface area contributed by atoms with E-state index in [1.54, 1.807) is 0 Å². The predicted molar refractivity (Wildman–Crippen MR) is 59.2 cm³/mol. The molecule has 0 spiro atoms. The van der Waals surface area contributed by atoms with Crippen LogP contribution in [0.15, 0.2) is 18.2 Å². The Labute approximate surface area is 89.4 Å². The number of hydrogen-bond donors (Lipinski definition) is 1. The first-order valence-corrected chi connectivity index (χ1v) is 5.29. The fourth-order valence-electron chi connectivity index (χ4n) is 1.81. The van der Waals surface area contributed by atoms with Gasteiger partial charge in [0.05, 0.1) is 12.1 Å². The molecular formula is C12H15NO2. The molecule has 1 unspecified atom stereocenters. The van der Waals surface area contributed by atoms with E-state index in [0.29, 0.717) is 6.42 Å². The zero-order valence-electron chi connectivity index (χ0n) is 9.04. The molecule has 0 bridgehead atoms. The van der Waals surface area contributed by atoms with Crippen molar-refractivity contribution in [2.45, 2.75) is 32.8 Å². The van der Waals surface area contributed by atoms with Gasteiger partial charge in [0.25, 0.3) is 0 Å². The minimum Gasteiger partial charge on any atom is -0.488 e. The SMILES string of the molecule is CCc1cccc2c1OC(C)CC(=O)N2. The van der Waals surface area contributed by atoms with Gasteiger partial charge < -0.3 is 10.1 Å². The molecule has 0 saturated heterocycles. The number of fused-ring (bicyclic) bond motifs is 1. The highest BCUT2D eigenvalue weighted by Gasteiger charge is 2.20. The summed E-state index contributed by atoms with van der Waals surface area (Å²) in [6.07, 6.45) is 1.27. The molecule has 0 fully saturated rings. The topological polar surface area (TPSA) is 38.3 Å². The number of carbonyl (C=O) groups is 1. The standard InChI is InChI=1S/C12H15NO2/c1-3-9-5-4-6-10-12(9)15-8(2)7-11(14)13-10/h4-6,8H,3,7H2,1-2H3,(H,13,14). The maximum Gasteiger partial charge on any atom is 0.228 e. The molecule has 1 aromatic carbocycles. The van der Waals surface area contributed by atoms with Crippen molar-refractivity contribution in [3.05, 3.63) is 23.8 Å². The fourth-order valence-corrected chi connectivity index (χ4v) is 1.81. The summed E-state index contributed by atoms with van der Waals surface area (Å²) < 4.78 is 5.77. The number of rotatable bonds is 1. The molecule has 1 aliphatic rings. The van der Waals surface area contributed by atoms with E-state index in [-0.39, 0.29) is 12.0 Å². The highest BCUT2D eigenvalue weighted by Crippen LogP contribution is 2.32. The second-order valence-electron chi connectivity index (χ2n) is 3.83. The van der Waals surface area contributed by atoms with Gasteiger partial charge in [0, 0.05) is 0 Å². The average molecular weight is 205 g/mol. The highest BCUT2D eigenvalue weighted by molar-refractivity contribution is 5.93. The van der Waals surface area contributed by atoms with Gasteiger partial charge in [-0.1, -0.05) is 19.1 Å². The van der Waals surface area contributed by atoms with Crippen LogP contribution >= 0.6 is 0 Å². The predicted octanol–water partition coefficient (Wildman–Crippen LogP) is 2.36. The van der Waals surface area contributed by atoms with Crippen LogP contribution in [-0.4, -0.2) is 12.0 Å². The molecule has 1 heterocycles. The van der Waals surface area contributed by atoms with Crippen molar-refractivity contribution in [1.29, 1.82) is 0 Å². The van der Waals surface area contributed by atoms with Crippen LogP contribution in [0.3, 0.4) is 0 Å². The van der Waals surface area contributed by atoms with Crippen molar-refractivity contribution in [2.75, 3.05) is 5.32 Å². The van der Waals surface area contributed by atoms with Gasteiger partial charge in [0.15, 0.2) is 0 Å². The molecule has 2 rings (SSSR count). The maximum atomic E-state index is 11.5. The third-order valence-electron chi connectivity index (χ3n) is 2.54. The lowest BCUT2D eigenvalue weighted by Gasteiger charge is -2.14. The monoisotopic (exact) mass is 205 g/mol. The Balaban J connectivity index is 2.45. The smallest absolute Gasteiger partial charge is 0.228 e. The first-order chi connectivity index (χ1) is 7.20. The Kier molecular flexibility index (Phi) is 2.62. The second kappa shape index (κ2) is 3.93. The molecule has 3 nitrogen and oxygen atoms in total. The minimum absolute atomic E-state index is 0.0227. The number of hydrogen-bond acceptors (Lipinski definition) is 2. The van der Waals surface area contributed by atoms with E-state index >= 15 is 0 Å². The Bertz CT molecular complexity index is 387. The summed E-state index contributed by atoms with van der Waals surface area (Å²) in [7, 11) is 0. The molecule has 80 valence electrons. The average Bonchev–Trinajstić information content (AvgIpc) is 2.33. The normalized spacial score (nSPS) is 19.9. The van der Waals surface area contributed by atoms with Crippen LogP contribution in [0.25, 0.3) is 0 Å². The lowest BCUT2D eigenvalue weighted by molar-refractivity contribution is -0.117. The molecule has 0 radical (unpaired) electrons. The lowest BCUT2D eigenvalue weighted by atomic mass is 10.1. The molecular weight excluding hydrogens is 190 g/mol. The van der Waals surface area contributed by atoms with Gasteiger partial charge in [-0.15, -0.1) is 0 Å². The number of nitrogens with one attached hydrogen (secondary N) is 1. The van der Waals surface area contributed by atoms with E-state index in [1.807, 2.05) is 25.1 Å². The molecule has 0 saturated carbocycles. The van der Waals surface area contributed by atoms with E-state index in [0.717, 1.165) is 23.4 Å². The number of amides is 1. The van der Waals surface area contributed by atoms with Crippen LogP contribution in [-0.2, 0) is 11.2 Å². The largest absolute Gasteiger partial charge is 0.488 e. The highest BCUT2D eigenvalue weighted by atomic mass is 16.5. The maximum absolute atomic E-state index is 11.5. The van der Waals surface area contributed by atoms with E-state index in [1.165, 1.54) is 0 Å². The van der Waals surface area contributed by atoms with E-state index < -0.39 is 0 Å². The molecule has 1 N–H and O–H groups in total. The summed E-state index contributed by atoms with van der Waals surface area (Å²) in [5.74, 6) is 0.854. The molecule has 0 aromatic heterocycles. The van der Waals surface area contributed by atoms with Crippen molar-refractivity contribution >= 4 is 11.6 Å². The summed E-state index contributed by atoms with van der Waals surface area (Å²) >= 11 is 0. The van der Waals surface area contributed by atoms with Crippen molar-refractivity contribution in [2.24, 2.45) is 0 Å². The van der Waals surface area contributed by atoms with Crippen LogP contribution in [0.4, 0.5) is 5.69 Å². The summed E-state index contributed by atoms with van der Waals surface area (Å²) in [6, 6.07) is 5.85. The molecule has 1 aliphatic heterocycles. The van der Waals surface area contributed by atoms with Crippen molar-refractivity contribution in [3.63, 3.8) is 0 Å². The molecule has 1 atom stereocenters. The zero-order chi connectivity index (χ0) is 10.8. The lowest BCUT2D eigenvalue weighted by Crippen LogP contribution is -2.17. The summed E-state index contributed by atoms with van der Waals surface area (Å²) in [5, 5.41) is 2.86. The van der Waals surface area contributed by atoms with Crippen LogP contribution < -0.4 is 10.1 Å². The first kappa shape index (κ1) is 10.0. The van der Waals surface area contributed by atoms with E-state index in [9.17, 15) is 4.79 Å². The zero-order valence-corrected chi connectivity index (χ0v) is 9.04. The number of para-hydroxylation sites is 1. The number of carbonyl (C=O) groups excluding carboxylic acids is 1. The molecule has 15 heavy (non-hydrogen) atoms. The number of anilines is 1.